The van der Waals surface area contributed by atoms with Gasteiger partial charge in [-0.3, -0.25) is 0 Å². The fourth-order valence-corrected chi connectivity index (χ4v) is 3.77. The van der Waals surface area contributed by atoms with Crippen molar-refractivity contribution < 1.29 is 0 Å². The Bertz CT molecular complexity index is 224. The first-order chi connectivity index (χ1) is 5.92. The highest BCUT2D eigenvalue weighted by molar-refractivity contribution is 5.17. The summed E-state index contributed by atoms with van der Waals surface area (Å²) in [5.74, 6) is 6.85. The minimum absolute atomic E-state index is 0.775. The van der Waals surface area contributed by atoms with Crippen LogP contribution in [0.4, 0.5) is 0 Å². The lowest BCUT2D eigenvalue weighted by Gasteiger charge is -2.07. The maximum Gasteiger partial charge on any atom is 0.0576 e. The smallest absolute Gasteiger partial charge is 0.0576 e. The first-order valence-corrected chi connectivity index (χ1v) is 5.08. The van der Waals surface area contributed by atoms with Crippen LogP contribution in [0, 0.1) is 36.0 Å². The van der Waals surface area contributed by atoms with Gasteiger partial charge in [0.15, 0.2) is 0 Å². The third-order valence-corrected chi connectivity index (χ3v) is 4.18. The Kier molecular flexibility index (Phi) is 1.32. The first kappa shape index (κ1) is 6.97. The molecule has 1 heteroatoms. The highest BCUT2D eigenvalue weighted by Gasteiger charge is 2.64. The molecule has 0 heterocycles. The molecule has 3 aliphatic rings. The van der Waals surface area contributed by atoms with Gasteiger partial charge in [-0.25, -0.2) is 0 Å². The summed E-state index contributed by atoms with van der Waals surface area (Å²) in [4.78, 5) is 0. The van der Waals surface area contributed by atoms with Crippen LogP contribution in [0.1, 0.15) is 19.3 Å². The van der Waals surface area contributed by atoms with E-state index >= 15 is 0 Å². The van der Waals surface area contributed by atoms with Gasteiger partial charge in [-0.05, 0) is 42.9 Å². The molecule has 0 aromatic rings. The van der Waals surface area contributed by atoms with Crippen molar-refractivity contribution in [3.8, 4) is 12.3 Å². The van der Waals surface area contributed by atoms with Crippen molar-refractivity contribution in [3.63, 3.8) is 0 Å². The lowest BCUT2D eigenvalue weighted by atomic mass is 10.0. The van der Waals surface area contributed by atoms with Gasteiger partial charge in [0.05, 0.1) is 6.54 Å². The number of fused-ring (bicyclic) bond motifs is 5. The lowest BCUT2D eigenvalue weighted by molar-refractivity contribution is 0.456. The van der Waals surface area contributed by atoms with Crippen LogP contribution < -0.4 is 5.32 Å². The molecule has 0 aromatic heterocycles. The minimum atomic E-state index is 0.775. The Balaban J connectivity index is 1.64. The summed E-state index contributed by atoms with van der Waals surface area (Å²) in [5.41, 5.74) is 0. The van der Waals surface area contributed by atoms with Crippen LogP contribution in [-0.4, -0.2) is 12.6 Å². The van der Waals surface area contributed by atoms with E-state index < -0.39 is 0 Å². The van der Waals surface area contributed by atoms with E-state index in [2.05, 4.69) is 11.2 Å². The molecule has 3 saturated carbocycles. The van der Waals surface area contributed by atoms with Crippen molar-refractivity contribution in [2.24, 2.45) is 23.7 Å². The highest BCUT2D eigenvalue weighted by Crippen LogP contribution is 2.65. The van der Waals surface area contributed by atoms with Crippen molar-refractivity contribution in [1.29, 1.82) is 0 Å². The molecule has 12 heavy (non-hydrogen) atoms. The standard InChI is InChI=1S/C11H15N/c1-2-5-12-11-9-7-3-4-8(6-7)10(9)11/h1,7-12H,3-6H2. The number of nitrogens with one attached hydrogen (secondary N) is 1. The normalized spacial score (nSPS) is 53.4. The molecule has 0 amide bonds. The molecule has 0 aromatic carbocycles. The minimum Gasteiger partial charge on any atom is -0.303 e. The van der Waals surface area contributed by atoms with Crippen LogP contribution in [0.5, 0.6) is 0 Å². The van der Waals surface area contributed by atoms with Crippen molar-refractivity contribution in [1.82, 2.24) is 5.32 Å². The first-order valence-electron chi connectivity index (χ1n) is 5.08. The Morgan fingerprint density at radius 3 is 2.50 bits per heavy atom. The fraction of sp³-hybridized carbons (Fsp3) is 0.818. The number of rotatable bonds is 2. The Labute approximate surface area is 73.9 Å². The van der Waals surface area contributed by atoms with Crippen molar-refractivity contribution in [2.75, 3.05) is 6.54 Å². The van der Waals surface area contributed by atoms with Crippen LogP contribution in [0.2, 0.25) is 0 Å². The van der Waals surface area contributed by atoms with Gasteiger partial charge in [-0.1, -0.05) is 5.92 Å². The van der Waals surface area contributed by atoms with Gasteiger partial charge in [0.2, 0.25) is 0 Å². The van der Waals surface area contributed by atoms with E-state index in [0.717, 1.165) is 36.3 Å². The van der Waals surface area contributed by atoms with Gasteiger partial charge >= 0.3 is 0 Å². The molecule has 3 rings (SSSR count). The van der Waals surface area contributed by atoms with E-state index in [1.165, 1.54) is 19.3 Å². The number of terminal acetylenes is 1. The summed E-state index contributed by atoms with van der Waals surface area (Å²) < 4.78 is 0. The van der Waals surface area contributed by atoms with Gasteiger partial charge in [-0.15, -0.1) is 6.42 Å². The van der Waals surface area contributed by atoms with Crippen molar-refractivity contribution in [3.05, 3.63) is 0 Å². The van der Waals surface area contributed by atoms with Gasteiger partial charge < -0.3 is 5.32 Å². The highest BCUT2D eigenvalue weighted by atomic mass is 15.0. The zero-order valence-corrected chi connectivity index (χ0v) is 7.29. The molecule has 3 aliphatic carbocycles. The average molecular weight is 161 g/mol. The third-order valence-electron chi connectivity index (χ3n) is 4.18. The zero-order chi connectivity index (χ0) is 8.13. The predicted octanol–water partition coefficient (Wildman–Crippen LogP) is 1.25. The quantitative estimate of drug-likeness (QED) is 0.601. The summed E-state index contributed by atoms with van der Waals surface area (Å²) >= 11 is 0. The van der Waals surface area contributed by atoms with Gasteiger partial charge in [0.1, 0.15) is 0 Å². The van der Waals surface area contributed by atoms with Crippen LogP contribution in [-0.2, 0) is 0 Å². The molecule has 1 N–H and O–H groups in total. The van der Waals surface area contributed by atoms with E-state index in [-0.39, 0.29) is 0 Å². The molecular formula is C11H15N. The summed E-state index contributed by atoms with van der Waals surface area (Å²) in [6.07, 6.45) is 9.76. The molecule has 0 radical (unpaired) electrons. The second-order valence-electron chi connectivity index (χ2n) is 4.60. The predicted molar refractivity (Wildman–Crippen MR) is 48.4 cm³/mol. The molecule has 4 unspecified atom stereocenters. The summed E-state index contributed by atoms with van der Waals surface area (Å²) in [6.45, 7) is 0.775. The zero-order valence-electron chi connectivity index (χ0n) is 7.29. The lowest BCUT2D eigenvalue weighted by Crippen LogP contribution is -2.22. The third kappa shape index (κ3) is 0.742. The molecule has 0 spiro atoms. The molecule has 0 aliphatic heterocycles. The maximum atomic E-state index is 5.23. The Morgan fingerprint density at radius 1 is 1.25 bits per heavy atom. The monoisotopic (exact) mass is 161 g/mol. The van der Waals surface area contributed by atoms with Crippen LogP contribution in [0.15, 0.2) is 0 Å². The largest absolute Gasteiger partial charge is 0.303 e. The number of hydrogen-bond acceptors (Lipinski definition) is 1. The maximum absolute atomic E-state index is 5.23. The Hall–Kier alpha value is -0.480. The number of hydrogen-bond donors (Lipinski definition) is 1. The van der Waals surface area contributed by atoms with Crippen LogP contribution in [0.3, 0.4) is 0 Å². The fourth-order valence-electron chi connectivity index (χ4n) is 3.77. The molecule has 4 atom stereocenters. The molecule has 3 fully saturated rings. The van der Waals surface area contributed by atoms with Crippen molar-refractivity contribution >= 4 is 0 Å². The van der Waals surface area contributed by atoms with Crippen LogP contribution >= 0.6 is 0 Å². The summed E-state index contributed by atoms with van der Waals surface area (Å²) in [5, 5.41) is 3.47. The molecule has 0 saturated heterocycles. The van der Waals surface area contributed by atoms with E-state index in [1.54, 1.807) is 0 Å². The van der Waals surface area contributed by atoms with Crippen LogP contribution in [0.25, 0.3) is 0 Å². The van der Waals surface area contributed by atoms with E-state index in [1.807, 2.05) is 0 Å². The van der Waals surface area contributed by atoms with E-state index in [0.29, 0.717) is 0 Å². The van der Waals surface area contributed by atoms with Crippen molar-refractivity contribution in [2.45, 2.75) is 25.3 Å². The average Bonchev–Trinajstić information content (AvgIpc) is 2.52. The summed E-state index contributed by atoms with van der Waals surface area (Å²) in [6, 6.07) is 0.812. The molecule has 1 nitrogen and oxygen atoms in total. The topological polar surface area (TPSA) is 12.0 Å². The molecular weight excluding hydrogens is 146 g/mol. The van der Waals surface area contributed by atoms with Gasteiger partial charge in [-0.2, -0.15) is 0 Å². The molecule has 2 bridgehead atoms. The van der Waals surface area contributed by atoms with Gasteiger partial charge in [0.25, 0.3) is 0 Å². The SMILES string of the molecule is C#CCNC1C2C3CCC(C3)C12. The van der Waals surface area contributed by atoms with Gasteiger partial charge in [0, 0.05) is 6.04 Å². The summed E-state index contributed by atoms with van der Waals surface area (Å²) in [7, 11) is 0. The van der Waals surface area contributed by atoms with E-state index in [4.69, 9.17) is 6.42 Å². The second-order valence-corrected chi connectivity index (χ2v) is 4.60. The van der Waals surface area contributed by atoms with E-state index in [9.17, 15) is 0 Å². The second kappa shape index (κ2) is 2.26. The Morgan fingerprint density at radius 2 is 1.92 bits per heavy atom. The molecule has 64 valence electrons.